The van der Waals surface area contributed by atoms with Crippen molar-refractivity contribution in [3.05, 3.63) is 52.5 Å². The Morgan fingerprint density at radius 2 is 2.10 bits per heavy atom. The normalized spacial score (nSPS) is 19.2. The van der Waals surface area contributed by atoms with Crippen LogP contribution in [0.2, 0.25) is 0 Å². The molecule has 0 radical (unpaired) electrons. The van der Waals surface area contributed by atoms with Crippen LogP contribution in [0, 0.1) is 0 Å². The molecule has 1 saturated heterocycles. The molecule has 3 rings (SSSR count). The highest BCUT2D eigenvalue weighted by molar-refractivity contribution is 7.10. The van der Waals surface area contributed by atoms with Gasteiger partial charge in [-0.05, 0) is 42.0 Å². The number of piperidine rings is 1. The Balaban J connectivity index is 1.96. The highest BCUT2D eigenvalue weighted by Gasteiger charge is 2.18. The Kier molecular flexibility index (Phi) is 4.11. The summed E-state index contributed by atoms with van der Waals surface area (Å²) in [6.45, 7) is 1.12. The Hall–Kier alpha value is -1.68. The molecule has 0 amide bonds. The van der Waals surface area contributed by atoms with Gasteiger partial charge in [-0.2, -0.15) is 0 Å². The van der Waals surface area contributed by atoms with E-state index in [1.165, 1.54) is 29.1 Å². The summed E-state index contributed by atoms with van der Waals surface area (Å²) in [5.41, 5.74) is 1.22. The standard InChI is InChI=1S/C16H19N3S/c1-19-11-3-2-6-15(19)18-16(14-5-4-12-20-14)13-7-9-17-10-8-13/h4-5,7-10,12,16H,2-3,6,11H2,1H3. The SMILES string of the molecule is CN1CCCCC1=NC(c1ccncc1)c1cccs1. The summed E-state index contributed by atoms with van der Waals surface area (Å²) in [7, 11) is 2.15. The van der Waals surface area contributed by atoms with E-state index in [4.69, 9.17) is 4.99 Å². The first-order valence-electron chi connectivity index (χ1n) is 7.06. The number of hydrogen-bond donors (Lipinski definition) is 0. The first-order valence-corrected chi connectivity index (χ1v) is 7.93. The zero-order chi connectivity index (χ0) is 13.8. The van der Waals surface area contributed by atoms with Crippen LogP contribution in [0.5, 0.6) is 0 Å². The number of pyridine rings is 1. The highest BCUT2D eigenvalue weighted by Crippen LogP contribution is 2.30. The van der Waals surface area contributed by atoms with Crippen LogP contribution in [-0.2, 0) is 0 Å². The fourth-order valence-corrected chi connectivity index (χ4v) is 3.35. The minimum absolute atomic E-state index is 0.105. The van der Waals surface area contributed by atoms with Gasteiger partial charge in [-0.15, -0.1) is 11.3 Å². The van der Waals surface area contributed by atoms with Crippen LogP contribution in [0.3, 0.4) is 0 Å². The van der Waals surface area contributed by atoms with Crippen LogP contribution in [0.15, 0.2) is 47.0 Å². The molecule has 1 aliphatic heterocycles. The molecular weight excluding hydrogens is 266 g/mol. The average molecular weight is 285 g/mol. The quantitative estimate of drug-likeness (QED) is 0.859. The first-order chi connectivity index (χ1) is 9.84. The summed E-state index contributed by atoms with van der Waals surface area (Å²) >= 11 is 1.77. The van der Waals surface area contributed by atoms with Crippen molar-refractivity contribution in [1.29, 1.82) is 0 Å². The molecular formula is C16H19N3S. The van der Waals surface area contributed by atoms with E-state index >= 15 is 0 Å². The van der Waals surface area contributed by atoms with E-state index in [0.29, 0.717) is 0 Å². The molecule has 2 aromatic rings. The molecule has 0 N–H and O–H groups in total. The second-order valence-corrected chi connectivity index (χ2v) is 6.10. The van der Waals surface area contributed by atoms with E-state index in [-0.39, 0.29) is 6.04 Å². The molecule has 0 aromatic carbocycles. The predicted molar refractivity (Wildman–Crippen MR) is 84.3 cm³/mol. The third-order valence-corrected chi connectivity index (χ3v) is 4.62. The maximum absolute atomic E-state index is 5.05. The summed E-state index contributed by atoms with van der Waals surface area (Å²) in [6.07, 6.45) is 7.30. The van der Waals surface area contributed by atoms with Crippen molar-refractivity contribution in [3.8, 4) is 0 Å². The fraction of sp³-hybridized carbons (Fsp3) is 0.375. The molecule has 0 aliphatic carbocycles. The van der Waals surface area contributed by atoms with Crippen molar-refractivity contribution in [2.24, 2.45) is 4.99 Å². The van der Waals surface area contributed by atoms with Crippen molar-refractivity contribution in [1.82, 2.24) is 9.88 Å². The second kappa shape index (κ2) is 6.18. The van der Waals surface area contributed by atoms with Crippen molar-refractivity contribution >= 4 is 17.2 Å². The number of aliphatic imine (C=N–C) groups is 1. The number of amidine groups is 1. The van der Waals surface area contributed by atoms with Gasteiger partial charge in [-0.25, -0.2) is 0 Å². The number of rotatable bonds is 3. The zero-order valence-corrected chi connectivity index (χ0v) is 12.5. The Morgan fingerprint density at radius 1 is 1.25 bits per heavy atom. The minimum atomic E-state index is 0.105. The Labute approximate surface area is 124 Å². The maximum Gasteiger partial charge on any atom is 0.111 e. The van der Waals surface area contributed by atoms with Gasteiger partial charge in [-0.1, -0.05) is 6.07 Å². The molecule has 3 heterocycles. The molecule has 0 bridgehead atoms. The minimum Gasteiger partial charge on any atom is -0.363 e. The number of hydrogen-bond acceptors (Lipinski definition) is 3. The van der Waals surface area contributed by atoms with Gasteiger partial charge >= 0.3 is 0 Å². The highest BCUT2D eigenvalue weighted by atomic mass is 32.1. The molecule has 2 aromatic heterocycles. The number of aromatic nitrogens is 1. The van der Waals surface area contributed by atoms with Crippen LogP contribution in [0.1, 0.15) is 35.7 Å². The van der Waals surface area contributed by atoms with Crippen LogP contribution in [-0.4, -0.2) is 29.3 Å². The zero-order valence-electron chi connectivity index (χ0n) is 11.7. The summed E-state index contributed by atoms with van der Waals surface area (Å²) in [6, 6.07) is 8.50. The molecule has 3 nitrogen and oxygen atoms in total. The largest absolute Gasteiger partial charge is 0.363 e. The molecule has 1 fully saturated rings. The third kappa shape index (κ3) is 2.90. The predicted octanol–water partition coefficient (Wildman–Crippen LogP) is 3.75. The summed E-state index contributed by atoms with van der Waals surface area (Å²) in [5, 5.41) is 2.12. The third-order valence-electron chi connectivity index (χ3n) is 3.70. The molecule has 104 valence electrons. The average Bonchev–Trinajstić information content (AvgIpc) is 3.01. The molecule has 4 heteroatoms. The maximum atomic E-state index is 5.05. The molecule has 1 unspecified atom stereocenters. The lowest BCUT2D eigenvalue weighted by atomic mass is 10.1. The van der Waals surface area contributed by atoms with E-state index in [9.17, 15) is 0 Å². The second-order valence-electron chi connectivity index (χ2n) is 5.12. The summed E-state index contributed by atoms with van der Waals surface area (Å²) in [5.74, 6) is 1.23. The van der Waals surface area contributed by atoms with Gasteiger partial charge < -0.3 is 4.90 Å². The van der Waals surface area contributed by atoms with Gasteiger partial charge in [0, 0.05) is 37.3 Å². The summed E-state index contributed by atoms with van der Waals surface area (Å²) < 4.78 is 0. The Morgan fingerprint density at radius 3 is 2.80 bits per heavy atom. The van der Waals surface area contributed by atoms with Gasteiger partial charge in [0.2, 0.25) is 0 Å². The lowest BCUT2D eigenvalue weighted by molar-refractivity contribution is 0.430. The number of thiophene rings is 1. The molecule has 1 atom stereocenters. The van der Waals surface area contributed by atoms with Crippen molar-refractivity contribution in [2.75, 3.05) is 13.6 Å². The van der Waals surface area contributed by atoms with E-state index in [1.54, 1.807) is 11.3 Å². The van der Waals surface area contributed by atoms with Gasteiger partial charge in [0.25, 0.3) is 0 Å². The molecule has 0 spiro atoms. The van der Waals surface area contributed by atoms with Gasteiger partial charge in [0.15, 0.2) is 0 Å². The Bertz CT molecular complexity index is 563. The molecule has 20 heavy (non-hydrogen) atoms. The number of likely N-dealkylation sites (tertiary alicyclic amines) is 1. The van der Waals surface area contributed by atoms with Crippen LogP contribution in [0.4, 0.5) is 0 Å². The topological polar surface area (TPSA) is 28.5 Å². The first kappa shape index (κ1) is 13.3. The van der Waals surface area contributed by atoms with Crippen LogP contribution >= 0.6 is 11.3 Å². The molecule has 0 saturated carbocycles. The van der Waals surface area contributed by atoms with E-state index in [1.807, 2.05) is 12.4 Å². The van der Waals surface area contributed by atoms with Crippen LogP contribution in [0.25, 0.3) is 0 Å². The van der Waals surface area contributed by atoms with E-state index < -0.39 is 0 Å². The van der Waals surface area contributed by atoms with Gasteiger partial charge in [0.05, 0.1) is 5.84 Å². The van der Waals surface area contributed by atoms with Gasteiger partial charge in [-0.3, -0.25) is 9.98 Å². The van der Waals surface area contributed by atoms with Crippen molar-refractivity contribution < 1.29 is 0 Å². The van der Waals surface area contributed by atoms with E-state index in [0.717, 1.165) is 13.0 Å². The monoisotopic (exact) mass is 285 g/mol. The lowest BCUT2D eigenvalue weighted by Crippen LogP contribution is -2.32. The summed E-state index contributed by atoms with van der Waals surface area (Å²) in [4.78, 5) is 12.8. The molecule has 1 aliphatic rings. The van der Waals surface area contributed by atoms with Crippen LogP contribution < -0.4 is 0 Å². The fourth-order valence-electron chi connectivity index (χ4n) is 2.56. The number of nitrogens with zero attached hydrogens (tertiary/aromatic N) is 3. The van der Waals surface area contributed by atoms with Crippen molar-refractivity contribution in [3.63, 3.8) is 0 Å². The van der Waals surface area contributed by atoms with Gasteiger partial charge in [0.1, 0.15) is 6.04 Å². The van der Waals surface area contributed by atoms with E-state index in [2.05, 4.69) is 46.6 Å². The smallest absolute Gasteiger partial charge is 0.111 e. The van der Waals surface area contributed by atoms with Crippen molar-refractivity contribution in [2.45, 2.75) is 25.3 Å². The lowest BCUT2D eigenvalue weighted by Gasteiger charge is -2.27.